The number of aromatic carboxylic acids is 1. The van der Waals surface area contributed by atoms with Crippen molar-refractivity contribution in [3.8, 4) is 33.9 Å². The van der Waals surface area contributed by atoms with Crippen LogP contribution in [0.15, 0.2) is 140 Å². The number of fused-ring (bicyclic) bond motifs is 2. The summed E-state index contributed by atoms with van der Waals surface area (Å²) in [7, 11) is 5.94. The molecule has 0 radical (unpaired) electrons. The topological polar surface area (TPSA) is 279 Å². The number of anilines is 2. The normalized spacial score (nSPS) is 12.3. The van der Waals surface area contributed by atoms with E-state index >= 15 is 0 Å². The van der Waals surface area contributed by atoms with Crippen molar-refractivity contribution in [2.24, 2.45) is 20.5 Å². The highest BCUT2D eigenvalue weighted by Gasteiger charge is 2.24. The number of benzene rings is 6. The molecule has 78 heavy (non-hydrogen) atoms. The van der Waals surface area contributed by atoms with Gasteiger partial charge in [0.25, 0.3) is 19.4 Å². The molecule has 0 fully saturated rings. The highest BCUT2D eigenvalue weighted by Crippen LogP contribution is 2.44. The summed E-state index contributed by atoms with van der Waals surface area (Å²) >= 11 is 0. The Hall–Kier alpha value is -8.40. The molecule has 1 aliphatic carbocycles. The van der Waals surface area contributed by atoms with Crippen molar-refractivity contribution in [2.45, 2.75) is 25.7 Å². The lowest BCUT2D eigenvalue weighted by molar-refractivity contribution is -0.384. The van der Waals surface area contributed by atoms with E-state index in [1.165, 1.54) is 50.6 Å². The van der Waals surface area contributed by atoms with Gasteiger partial charge in [0.1, 0.15) is 48.3 Å². The molecule has 1 heterocycles. The lowest BCUT2D eigenvalue weighted by Crippen LogP contribution is -2.30. The predicted molar refractivity (Wildman–Crippen MR) is 294 cm³/mol. The summed E-state index contributed by atoms with van der Waals surface area (Å²) in [4.78, 5) is 53.0. The van der Waals surface area contributed by atoms with Crippen LogP contribution < -0.4 is 39.4 Å². The van der Waals surface area contributed by atoms with Gasteiger partial charge in [-0.05, 0) is 91.2 Å². The SMILES string of the molecule is COc1cc(N=Nc2ccc([N+](=O)[O-])cc2)c(OC)cc1N=Nc1ccc(N(CCO)CCOP(=O)([O-])OCCCCCCNC(=O)c2ccc(C(=O)O)c(-c3c4ccc(=[N+](C)C)cc-4oc4cc(N(C)C)ccc34)c2)cc1. The first kappa shape index (κ1) is 57.3. The van der Waals surface area contributed by atoms with E-state index in [2.05, 4.69) is 25.8 Å². The van der Waals surface area contributed by atoms with Gasteiger partial charge in [-0.25, -0.2) is 9.37 Å². The number of phosphoric acid groups is 1. The second-order valence-electron chi connectivity index (χ2n) is 18.1. The van der Waals surface area contributed by atoms with E-state index in [1.54, 1.807) is 47.4 Å². The van der Waals surface area contributed by atoms with Crippen molar-refractivity contribution in [1.82, 2.24) is 9.89 Å². The highest BCUT2D eigenvalue weighted by molar-refractivity contribution is 7.45. The van der Waals surface area contributed by atoms with E-state index in [0.717, 1.165) is 11.0 Å². The predicted octanol–water partition coefficient (Wildman–Crippen LogP) is 10.0. The standard InChI is InChI=1S/C55H60N9O13P/c1-61(2)41-20-23-44-49(32-41)77-50-33-42(62(3)4)21-24-45(50)53(44)46-31-36(11-22-43(46)55(67)68)54(66)56-25-9-7-8-10-29-75-78(71,72)76-30-27-63(26-28-65)39-16-12-37(13-17-39)57-59-47-34-52(74-6)48(35-51(47)73-5)60-58-38-14-18-40(19-15-38)64(69)70/h11-24,31-35,65H,7-10,25-30H2,1-6H3,(H2-,56,66,67,68,71,72). The van der Waals surface area contributed by atoms with Crippen LogP contribution in [0.25, 0.3) is 33.4 Å². The summed E-state index contributed by atoms with van der Waals surface area (Å²) in [6, 6.07) is 31.6. The number of methoxy groups -OCH3 is 2. The molecular formula is C55H60N9O13P. The van der Waals surface area contributed by atoms with E-state index in [4.69, 9.17) is 22.9 Å². The second-order valence-corrected chi connectivity index (χ2v) is 19.5. The van der Waals surface area contributed by atoms with Crippen LogP contribution in [-0.4, -0.2) is 109 Å². The Morgan fingerprint density at radius 3 is 1.96 bits per heavy atom. The Morgan fingerprint density at radius 2 is 1.36 bits per heavy atom. The Labute approximate surface area is 449 Å². The third-order valence-corrected chi connectivity index (χ3v) is 13.4. The van der Waals surface area contributed by atoms with E-state index in [-0.39, 0.29) is 55.6 Å². The van der Waals surface area contributed by atoms with Crippen LogP contribution in [0.1, 0.15) is 46.4 Å². The molecule has 5 aromatic rings. The van der Waals surface area contributed by atoms with Crippen molar-refractivity contribution >= 4 is 70.5 Å². The molecule has 5 aromatic carbocycles. The monoisotopic (exact) mass is 1090 g/mol. The molecule has 2 aliphatic rings. The number of carboxylic acids is 1. The molecule has 0 spiro atoms. The van der Waals surface area contributed by atoms with Crippen molar-refractivity contribution < 1.29 is 57.1 Å². The zero-order chi connectivity index (χ0) is 55.9. The van der Waals surface area contributed by atoms with Crippen LogP contribution in [-0.2, 0) is 13.6 Å². The lowest BCUT2D eigenvalue weighted by Gasteiger charge is -2.27. The number of phosphoric ester groups is 1. The molecule has 7 rings (SSSR count). The van der Waals surface area contributed by atoms with Gasteiger partial charge >= 0.3 is 5.97 Å². The molecule has 1 aliphatic heterocycles. The van der Waals surface area contributed by atoms with Crippen LogP contribution in [0.3, 0.4) is 0 Å². The number of azo groups is 2. The van der Waals surface area contributed by atoms with E-state index in [1.807, 2.05) is 74.1 Å². The third kappa shape index (κ3) is 14.7. The smallest absolute Gasteiger partial charge is 0.336 e. The highest BCUT2D eigenvalue weighted by atomic mass is 31.2. The largest absolute Gasteiger partial charge is 0.756 e. The van der Waals surface area contributed by atoms with E-state index < -0.39 is 18.7 Å². The number of rotatable bonds is 26. The zero-order valence-electron chi connectivity index (χ0n) is 44.0. The lowest BCUT2D eigenvalue weighted by atomic mass is 9.89. The number of nitro groups is 1. The van der Waals surface area contributed by atoms with E-state index in [9.17, 15) is 39.4 Å². The molecule has 0 saturated carbocycles. The molecule has 1 unspecified atom stereocenters. The molecule has 1 amide bonds. The van der Waals surface area contributed by atoms with Gasteiger partial charge in [0, 0.05) is 104 Å². The fraction of sp³-hybridized carbons (Fsp3) is 0.291. The summed E-state index contributed by atoms with van der Waals surface area (Å²) in [6.07, 6.45) is 2.31. The maximum atomic E-state index is 13.5. The van der Waals surface area contributed by atoms with Gasteiger partial charge in [-0.3, -0.25) is 19.5 Å². The first-order valence-electron chi connectivity index (χ1n) is 24.7. The van der Waals surface area contributed by atoms with Crippen LogP contribution >= 0.6 is 7.82 Å². The number of carbonyl (C=O) groups excluding carboxylic acids is 1. The number of aliphatic hydroxyl groups excluding tert-OH is 1. The summed E-state index contributed by atoms with van der Waals surface area (Å²) in [5, 5.41) is 52.6. The van der Waals surface area contributed by atoms with Crippen molar-refractivity contribution in [1.29, 1.82) is 0 Å². The van der Waals surface area contributed by atoms with Gasteiger partial charge in [0.15, 0.2) is 0 Å². The Morgan fingerprint density at radius 1 is 0.731 bits per heavy atom. The molecule has 3 N–H and O–H groups in total. The van der Waals surface area contributed by atoms with Gasteiger partial charge in [0.05, 0.1) is 62.0 Å². The average Bonchev–Trinajstić information content (AvgIpc) is 3.58. The van der Waals surface area contributed by atoms with Crippen molar-refractivity contribution in [3.05, 3.63) is 142 Å². The number of non-ortho nitro benzene ring substituents is 1. The Bertz CT molecular complexity index is 3420. The number of hydrogen-bond donors (Lipinski definition) is 3. The molecular weight excluding hydrogens is 1030 g/mol. The fourth-order valence-corrected chi connectivity index (χ4v) is 8.99. The second kappa shape index (κ2) is 26.6. The molecule has 0 aromatic heterocycles. The number of hydrogen-bond acceptors (Lipinski definition) is 18. The molecule has 1 atom stereocenters. The first-order valence-corrected chi connectivity index (χ1v) is 26.2. The third-order valence-electron chi connectivity index (χ3n) is 12.4. The summed E-state index contributed by atoms with van der Waals surface area (Å²) < 4.78 is 42.3. The Kier molecular flexibility index (Phi) is 19.5. The number of amides is 1. The van der Waals surface area contributed by atoms with Gasteiger partial charge in [-0.15, -0.1) is 10.2 Å². The van der Waals surface area contributed by atoms with Crippen molar-refractivity contribution in [2.75, 3.05) is 91.7 Å². The number of nitro benzene ring substituents is 1. The van der Waals surface area contributed by atoms with Gasteiger partial charge in [0.2, 0.25) is 5.36 Å². The number of nitrogens with one attached hydrogen (secondary N) is 1. The van der Waals surface area contributed by atoms with Crippen molar-refractivity contribution in [3.63, 3.8) is 0 Å². The quantitative estimate of drug-likeness (QED) is 0.00865. The summed E-state index contributed by atoms with van der Waals surface area (Å²) in [6.45, 7) is 0.0937. The molecule has 0 saturated heterocycles. The molecule has 22 nitrogen and oxygen atoms in total. The van der Waals surface area contributed by atoms with Crippen LogP contribution in [0, 0.1) is 10.1 Å². The van der Waals surface area contributed by atoms with Crippen LogP contribution in [0.2, 0.25) is 0 Å². The zero-order valence-corrected chi connectivity index (χ0v) is 44.8. The number of aliphatic hydroxyl groups is 1. The number of carbonyl (C=O) groups is 2. The van der Waals surface area contributed by atoms with Gasteiger partial charge in [-0.2, -0.15) is 10.2 Å². The number of unbranched alkanes of at least 4 members (excludes halogenated alkanes) is 3. The van der Waals surface area contributed by atoms with E-state index in [0.29, 0.717) is 106 Å². The molecule has 23 heteroatoms. The minimum absolute atomic E-state index is 0.0364. The number of carboxylic acid groups (broad SMARTS) is 1. The summed E-state index contributed by atoms with van der Waals surface area (Å²) in [5.41, 5.74) is 5.60. The summed E-state index contributed by atoms with van der Waals surface area (Å²) in [5.74, 6) is -0.304. The molecule has 0 bridgehead atoms. The number of ether oxygens (including phenoxy) is 2. The van der Waals surface area contributed by atoms with Crippen LogP contribution in [0.4, 0.5) is 39.8 Å². The van der Waals surface area contributed by atoms with Gasteiger partial charge in [-0.1, -0.05) is 12.8 Å². The number of nitrogens with zero attached hydrogens (tertiary/aromatic N) is 8. The first-order chi connectivity index (χ1) is 37.5. The minimum Gasteiger partial charge on any atom is -0.756 e. The van der Waals surface area contributed by atoms with Gasteiger partial charge < -0.3 is 53.2 Å². The average molecular weight is 1090 g/mol. The molecule has 408 valence electrons. The Balaban J connectivity index is 0.869. The fourth-order valence-electron chi connectivity index (χ4n) is 8.26. The maximum Gasteiger partial charge on any atom is 0.336 e. The van der Waals surface area contributed by atoms with Crippen LogP contribution in [0.5, 0.6) is 11.5 Å². The maximum absolute atomic E-state index is 13.5. The minimum atomic E-state index is -4.65.